The van der Waals surface area contributed by atoms with E-state index in [4.69, 9.17) is 20.6 Å². The van der Waals surface area contributed by atoms with Gasteiger partial charge in [-0.15, -0.1) is 0 Å². The van der Waals surface area contributed by atoms with Gasteiger partial charge in [0.25, 0.3) is 0 Å². The van der Waals surface area contributed by atoms with Crippen LogP contribution in [0.2, 0.25) is 0 Å². The maximum atomic E-state index is 15.0. The van der Waals surface area contributed by atoms with Gasteiger partial charge in [0.05, 0.1) is 0 Å². The fourth-order valence-corrected chi connectivity index (χ4v) is 4.75. The van der Waals surface area contributed by atoms with Crippen molar-refractivity contribution in [1.82, 2.24) is 14.9 Å². The predicted molar refractivity (Wildman–Crippen MR) is 137 cm³/mol. The van der Waals surface area contributed by atoms with Crippen LogP contribution in [0.1, 0.15) is 64.4 Å². The highest BCUT2D eigenvalue weighted by atomic mass is 19.1. The summed E-state index contributed by atoms with van der Waals surface area (Å²) in [7, 11) is 0. The summed E-state index contributed by atoms with van der Waals surface area (Å²) in [4.78, 5) is 34.8. The van der Waals surface area contributed by atoms with Crippen LogP contribution in [0.15, 0.2) is 30.6 Å². The summed E-state index contributed by atoms with van der Waals surface area (Å²) < 4.78 is 25.9. The number of esters is 1. The number of amidine groups is 1. The first-order chi connectivity index (χ1) is 17.4. The lowest BCUT2D eigenvalue weighted by Crippen LogP contribution is -2.44. The minimum absolute atomic E-state index is 0. The van der Waals surface area contributed by atoms with Crippen LogP contribution in [-0.2, 0) is 20.9 Å². The Morgan fingerprint density at radius 3 is 2.41 bits per heavy atom. The minimum atomic E-state index is -0.693. The smallest absolute Gasteiger partial charge is 0.316 e. The van der Waals surface area contributed by atoms with Crippen molar-refractivity contribution in [3.8, 4) is 17.1 Å². The van der Waals surface area contributed by atoms with Crippen molar-refractivity contribution in [2.45, 2.75) is 71.5 Å². The number of hydrogen-bond acceptors (Lipinski definition) is 7. The van der Waals surface area contributed by atoms with E-state index in [1.54, 1.807) is 12.1 Å². The Kier molecular flexibility index (Phi) is 9.93. The molecule has 1 aromatic carbocycles. The molecule has 0 radical (unpaired) electrons. The molecule has 1 aliphatic carbocycles. The van der Waals surface area contributed by atoms with Gasteiger partial charge in [0.1, 0.15) is 30.8 Å². The van der Waals surface area contributed by atoms with Crippen molar-refractivity contribution < 1.29 is 23.5 Å². The maximum absolute atomic E-state index is 15.0. The number of ether oxygens (including phenoxy) is 2. The van der Waals surface area contributed by atoms with Crippen LogP contribution < -0.4 is 10.5 Å². The van der Waals surface area contributed by atoms with E-state index >= 15 is 4.39 Å². The Bertz CT molecular complexity index is 1080. The molecule has 1 aliphatic heterocycles. The average Bonchev–Trinajstić information content (AvgIpc) is 2.89. The van der Waals surface area contributed by atoms with E-state index in [2.05, 4.69) is 9.97 Å². The van der Waals surface area contributed by atoms with Gasteiger partial charge in [-0.1, -0.05) is 44.9 Å². The molecule has 3 N–H and O–H groups in total. The lowest BCUT2D eigenvalue weighted by Gasteiger charge is -2.34. The highest BCUT2D eigenvalue weighted by Gasteiger charge is 2.30. The van der Waals surface area contributed by atoms with Crippen molar-refractivity contribution >= 4 is 17.7 Å². The topological polar surface area (TPSA) is 131 Å². The molecule has 0 spiro atoms. The lowest BCUT2D eigenvalue weighted by molar-refractivity contribution is -0.143. The van der Waals surface area contributed by atoms with Crippen LogP contribution in [0.3, 0.4) is 0 Å². The molecule has 37 heavy (non-hydrogen) atoms. The van der Waals surface area contributed by atoms with E-state index in [-0.39, 0.29) is 61.4 Å². The molecule has 2 aliphatic rings. The molecule has 9 nitrogen and oxygen atoms in total. The number of piperidine rings is 1. The van der Waals surface area contributed by atoms with E-state index in [1.807, 2.05) is 4.90 Å². The Balaban J connectivity index is 0.00000380. The first kappa shape index (κ1) is 28.0. The molecule has 1 aromatic heterocycles. The zero-order valence-electron chi connectivity index (χ0n) is 20.2. The number of nitrogens with two attached hydrogens (primary N) is 1. The third-order valence-corrected chi connectivity index (χ3v) is 6.72. The molecule has 0 bridgehead atoms. The number of carbonyl (C=O) groups is 2. The second kappa shape index (κ2) is 13.1. The summed E-state index contributed by atoms with van der Waals surface area (Å²) >= 11 is 0. The number of nitrogens with zero attached hydrogens (tertiary/aromatic N) is 3. The molecular weight excluding hydrogens is 477 g/mol. The van der Waals surface area contributed by atoms with Crippen molar-refractivity contribution in [3.63, 3.8) is 0 Å². The number of carbonyl (C=O) groups excluding carboxylic acids is 2. The fourth-order valence-electron chi connectivity index (χ4n) is 4.75. The van der Waals surface area contributed by atoms with Gasteiger partial charge in [0.15, 0.2) is 0 Å². The highest BCUT2D eigenvalue weighted by molar-refractivity contribution is 5.94. The molecule has 2 fully saturated rings. The van der Waals surface area contributed by atoms with Crippen LogP contribution >= 0.6 is 0 Å². The van der Waals surface area contributed by atoms with Gasteiger partial charge < -0.3 is 20.1 Å². The number of hydrogen-bond donors (Lipinski definition) is 2. The summed E-state index contributed by atoms with van der Waals surface area (Å²) in [6.45, 7) is 1.08. The number of rotatable bonds is 8. The van der Waals surface area contributed by atoms with Gasteiger partial charge in [-0.2, -0.15) is 0 Å². The van der Waals surface area contributed by atoms with Crippen LogP contribution in [-0.4, -0.2) is 51.8 Å². The minimum Gasteiger partial charge on any atom is -0.460 e. The van der Waals surface area contributed by atoms with E-state index in [0.717, 1.165) is 38.5 Å². The molecule has 4 rings (SSSR count). The summed E-state index contributed by atoms with van der Waals surface area (Å²) in [5.74, 6) is -1.08. The van der Waals surface area contributed by atoms with Crippen molar-refractivity contribution in [1.29, 1.82) is 5.41 Å². The number of benzene rings is 1. The van der Waals surface area contributed by atoms with Crippen molar-refractivity contribution in [3.05, 3.63) is 42.0 Å². The second-order valence-electron chi connectivity index (χ2n) is 9.37. The molecule has 1 saturated heterocycles. The van der Waals surface area contributed by atoms with Crippen molar-refractivity contribution in [2.75, 3.05) is 13.1 Å². The molecule has 200 valence electrons. The predicted octanol–water partition coefficient (Wildman–Crippen LogP) is 4.24. The number of aromatic nitrogens is 2. The fraction of sp³-hybridized carbons (Fsp3) is 0.519. The first-order valence-corrected chi connectivity index (χ1v) is 12.4. The molecule has 0 atom stereocenters. The van der Waals surface area contributed by atoms with Crippen LogP contribution in [0, 0.1) is 17.1 Å². The SMILES string of the molecule is C.N=C(N)CC(=O)OCc1cccc(-c2cnc(OC3CCN(C(=O)C4CCCCC4)CC3)nc2)c1F. The Morgan fingerprint density at radius 1 is 1.08 bits per heavy atom. The van der Waals surface area contributed by atoms with E-state index in [9.17, 15) is 9.59 Å². The molecule has 0 unspecified atom stereocenters. The summed E-state index contributed by atoms with van der Waals surface area (Å²) in [5, 5.41) is 7.12. The normalized spacial score (nSPS) is 16.5. The van der Waals surface area contributed by atoms with Gasteiger partial charge in [0, 0.05) is 60.9 Å². The number of amides is 1. The van der Waals surface area contributed by atoms with Gasteiger partial charge in [-0.3, -0.25) is 15.0 Å². The van der Waals surface area contributed by atoms with E-state index in [0.29, 0.717) is 18.7 Å². The van der Waals surface area contributed by atoms with Gasteiger partial charge in [-0.25, -0.2) is 14.4 Å². The van der Waals surface area contributed by atoms with Crippen LogP contribution in [0.4, 0.5) is 4.39 Å². The number of nitrogens with one attached hydrogen (secondary N) is 1. The molecule has 10 heteroatoms. The van der Waals surface area contributed by atoms with Crippen molar-refractivity contribution in [2.24, 2.45) is 11.7 Å². The Hall–Kier alpha value is -3.56. The Labute approximate surface area is 217 Å². The Morgan fingerprint density at radius 2 is 1.76 bits per heavy atom. The van der Waals surface area contributed by atoms with Gasteiger partial charge >= 0.3 is 12.0 Å². The average molecular weight is 514 g/mol. The molecule has 2 heterocycles. The monoisotopic (exact) mass is 513 g/mol. The quantitative estimate of drug-likeness (QED) is 0.307. The zero-order chi connectivity index (χ0) is 25.5. The first-order valence-electron chi connectivity index (χ1n) is 12.4. The maximum Gasteiger partial charge on any atom is 0.316 e. The largest absolute Gasteiger partial charge is 0.460 e. The summed E-state index contributed by atoms with van der Waals surface area (Å²) in [6.07, 6.45) is 9.55. The zero-order valence-corrected chi connectivity index (χ0v) is 20.2. The van der Waals surface area contributed by atoms with Gasteiger partial charge in [0.2, 0.25) is 5.91 Å². The highest BCUT2D eigenvalue weighted by Crippen LogP contribution is 2.28. The van der Waals surface area contributed by atoms with Crippen LogP contribution in [0.5, 0.6) is 6.01 Å². The third kappa shape index (κ3) is 7.47. The third-order valence-electron chi connectivity index (χ3n) is 6.72. The standard InChI is InChI=1S/C26H32FN5O4.CH4/c27-24-18(16-35-23(33)13-22(28)29)7-4-8-21(24)19-14-30-26(31-15-19)36-20-9-11-32(12-10-20)25(34)17-5-2-1-3-6-17;/h4,7-8,14-15,17,20H,1-3,5-6,9-13,16H2,(H3,28,29);1H4. The van der Waals surface area contributed by atoms with Gasteiger partial charge in [-0.05, 0) is 12.8 Å². The van der Waals surface area contributed by atoms with E-state index in [1.165, 1.54) is 24.9 Å². The summed E-state index contributed by atoms with van der Waals surface area (Å²) in [5.41, 5.74) is 6.11. The molecular formula is C27H36FN5O4. The molecule has 1 amide bonds. The second-order valence-corrected chi connectivity index (χ2v) is 9.37. The number of likely N-dealkylation sites (tertiary alicyclic amines) is 1. The van der Waals surface area contributed by atoms with E-state index < -0.39 is 11.8 Å². The van der Waals surface area contributed by atoms with Crippen LogP contribution in [0.25, 0.3) is 11.1 Å². The lowest BCUT2D eigenvalue weighted by atomic mass is 9.88. The summed E-state index contributed by atoms with van der Waals surface area (Å²) in [6, 6.07) is 4.97. The molecule has 2 aromatic rings. The molecule has 1 saturated carbocycles. The number of halogens is 1.